The normalized spacial score (nSPS) is 20.7. The van der Waals surface area contributed by atoms with Crippen LogP contribution in [-0.2, 0) is 18.9 Å². The lowest BCUT2D eigenvalue weighted by Crippen LogP contribution is -2.45. The summed E-state index contributed by atoms with van der Waals surface area (Å²) >= 11 is 6.32. The van der Waals surface area contributed by atoms with Crippen LogP contribution in [0.3, 0.4) is 0 Å². The molecule has 0 saturated carbocycles. The highest BCUT2D eigenvalue weighted by Gasteiger charge is 2.58. The highest BCUT2D eigenvalue weighted by molar-refractivity contribution is 6.33. The van der Waals surface area contributed by atoms with Crippen molar-refractivity contribution in [3.63, 3.8) is 0 Å². The number of halogens is 1. The number of carbonyl (C=O) groups is 3. The van der Waals surface area contributed by atoms with Crippen LogP contribution in [0.5, 0.6) is 0 Å². The topological polar surface area (TPSA) is 158 Å². The number of nitrogen functional groups attached to an aromatic ring is 1. The Morgan fingerprint density at radius 2 is 1.39 bits per heavy atom. The summed E-state index contributed by atoms with van der Waals surface area (Å²) in [5.41, 5.74) is 6.05. The number of aromatic nitrogens is 4. The average molecular weight is 642 g/mol. The first kappa shape index (κ1) is 30.7. The number of esters is 3. The minimum Gasteiger partial charge on any atom is -0.461 e. The molecule has 6 rings (SSSR count). The zero-order chi connectivity index (χ0) is 32.3. The molecule has 1 aliphatic rings. The van der Waals surface area contributed by atoms with Crippen LogP contribution in [0, 0.1) is 5.41 Å². The Hall–Kier alpha value is -5.33. The van der Waals surface area contributed by atoms with Gasteiger partial charge in [-0.2, -0.15) is 9.97 Å². The number of hydrogen-bond acceptors (Lipinski definition) is 11. The van der Waals surface area contributed by atoms with Gasteiger partial charge in [0.05, 0.1) is 28.4 Å². The number of ether oxygens (including phenoxy) is 4. The number of anilines is 1. The predicted molar refractivity (Wildman–Crippen MR) is 166 cm³/mol. The molecular weight excluding hydrogens is 614 g/mol. The first-order valence-corrected chi connectivity index (χ1v) is 14.6. The summed E-state index contributed by atoms with van der Waals surface area (Å²) in [6.07, 6.45) is -1.72. The van der Waals surface area contributed by atoms with E-state index in [0.717, 1.165) is 0 Å². The molecule has 12 nitrogen and oxygen atoms in total. The lowest BCUT2D eigenvalue weighted by Gasteiger charge is -2.34. The Morgan fingerprint density at radius 3 is 1.98 bits per heavy atom. The molecule has 1 fully saturated rings. The van der Waals surface area contributed by atoms with Gasteiger partial charge in [-0.25, -0.2) is 19.4 Å². The van der Waals surface area contributed by atoms with Gasteiger partial charge in [0.1, 0.15) is 37.2 Å². The van der Waals surface area contributed by atoms with Crippen molar-refractivity contribution in [3.8, 4) is 0 Å². The molecule has 0 amide bonds. The van der Waals surface area contributed by atoms with Crippen molar-refractivity contribution in [2.45, 2.75) is 25.4 Å². The van der Waals surface area contributed by atoms with Crippen molar-refractivity contribution in [1.82, 2.24) is 19.5 Å². The van der Waals surface area contributed by atoms with Gasteiger partial charge in [0.2, 0.25) is 5.95 Å². The van der Waals surface area contributed by atoms with Crippen LogP contribution in [-0.4, -0.2) is 62.8 Å². The summed E-state index contributed by atoms with van der Waals surface area (Å²) in [6.45, 7) is 1.15. The molecule has 2 aromatic heterocycles. The van der Waals surface area contributed by atoms with Crippen molar-refractivity contribution >= 4 is 46.6 Å². The van der Waals surface area contributed by atoms with E-state index in [1.807, 2.05) is 0 Å². The lowest BCUT2D eigenvalue weighted by atomic mass is 9.82. The molecule has 2 N–H and O–H groups in total. The monoisotopic (exact) mass is 641 g/mol. The van der Waals surface area contributed by atoms with Gasteiger partial charge in [-0.1, -0.05) is 66.2 Å². The molecule has 13 heteroatoms. The van der Waals surface area contributed by atoms with Crippen LogP contribution < -0.4 is 5.73 Å². The summed E-state index contributed by atoms with van der Waals surface area (Å²) < 4.78 is 25.7. The molecule has 4 atom stereocenters. The smallest absolute Gasteiger partial charge is 0.338 e. The third-order valence-corrected chi connectivity index (χ3v) is 7.92. The van der Waals surface area contributed by atoms with Gasteiger partial charge in [-0.3, -0.25) is 4.57 Å². The van der Waals surface area contributed by atoms with Gasteiger partial charge in [0.15, 0.2) is 10.8 Å². The highest BCUT2D eigenvalue weighted by atomic mass is 35.5. The van der Waals surface area contributed by atoms with E-state index < -0.39 is 41.8 Å². The van der Waals surface area contributed by atoms with Crippen LogP contribution in [0.25, 0.3) is 11.2 Å². The van der Waals surface area contributed by atoms with Crippen molar-refractivity contribution in [2.24, 2.45) is 5.41 Å². The Labute approximate surface area is 268 Å². The summed E-state index contributed by atoms with van der Waals surface area (Å²) in [5, 5.41) is 0.0249. The van der Waals surface area contributed by atoms with Crippen LogP contribution in [0.1, 0.15) is 44.2 Å². The molecule has 1 aliphatic heterocycles. The Balaban J connectivity index is 1.39. The van der Waals surface area contributed by atoms with Crippen molar-refractivity contribution in [1.29, 1.82) is 0 Å². The Morgan fingerprint density at radius 1 is 0.848 bits per heavy atom. The molecule has 0 unspecified atom stereocenters. The SMILES string of the molecule is C[C@@]1(COC(=O)c2ccccc2)[C@H](OC(=O)c2ccccc2)[C@@H](COC(=O)c2ccccc2)O[C@H]1n1cnc2c(Cl)nc(N)nc21. The maximum atomic E-state index is 13.5. The molecule has 234 valence electrons. The summed E-state index contributed by atoms with van der Waals surface area (Å²) in [7, 11) is 0. The van der Waals surface area contributed by atoms with Crippen LogP contribution in [0.15, 0.2) is 97.3 Å². The van der Waals surface area contributed by atoms with E-state index in [1.54, 1.807) is 102 Å². The Bertz CT molecular complexity index is 1870. The molecule has 46 heavy (non-hydrogen) atoms. The first-order chi connectivity index (χ1) is 22.2. The number of carbonyl (C=O) groups excluding carboxylic acids is 3. The van der Waals surface area contributed by atoms with Gasteiger partial charge < -0.3 is 24.7 Å². The van der Waals surface area contributed by atoms with E-state index in [0.29, 0.717) is 11.1 Å². The summed E-state index contributed by atoms with van der Waals surface area (Å²) in [4.78, 5) is 52.2. The fraction of sp³-hybridized carbons (Fsp3) is 0.212. The van der Waals surface area contributed by atoms with E-state index in [4.69, 9.17) is 36.3 Å². The fourth-order valence-electron chi connectivity index (χ4n) is 5.35. The van der Waals surface area contributed by atoms with Gasteiger partial charge in [-0.05, 0) is 43.3 Å². The van der Waals surface area contributed by atoms with Gasteiger partial charge in [0, 0.05) is 0 Å². The van der Waals surface area contributed by atoms with E-state index in [1.165, 1.54) is 6.33 Å². The van der Waals surface area contributed by atoms with E-state index in [2.05, 4.69) is 15.0 Å². The van der Waals surface area contributed by atoms with Crippen molar-refractivity contribution < 1.29 is 33.3 Å². The third-order valence-electron chi connectivity index (χ3n) is 7.66. The minimum absolute atomic E-state index is 0.0249. The number of hydrogen-bond donors (Lipinski definition) is 1. The molecule has 0 aliphatic carbocycles. The number of nitrogens with two attached hydrogens (primary N) is 1. The van der Waals surface area contributed by atoms with E-state index >= 15 is 0 Å². The van der Waals surface area contributed by atoms with Crippen LogP contribution in [0.4, 0.5) is 5.95 Å². The molecule has 5 aromatic rings. The molecule has 3 aromatic carbocycles. The molecule has 0 radical (unpaired) electrons. The predicted octanol–water partition coefficient (Wildman–Crippen LogP) is 4.91. The fourth-order valence-corrected chi connectivity index (χ4v) is 5.57. The molecule has 0 spiro atoms. The zero-order valence-electron chi connectivity index (χ0n) is 24.5. The minimum atomic E-state index is -1.29. The zero-order valence-corrected chi connectivity index (χ0v) is 25.2. The largest absolute Gasteiger partial charge is 0.461 e. The lowest BCUT2D eigenvalue weighted by molar-refractivity contribution is -0.0657. The first-order valence-electron chi connectivity index (χ1n) is 14.3. The molecule has 1 saturated heterocycles. The second kappa shape index (κ2) is 13.0. The Kier molecular flexibility index (Phi) is 8.64. The van der Waals surface area contributed by atoms with Crippen LogP contribution >= 0.6 is 11.6 Å². The highest BCUT2D eigenvalue weighted by Crippen LogP contribution is 2.48. The van der Waals surface area contributed by atoms with Crippen molar-refractivity contribution in [2.75, 3.05) is 18.9 Å². The number of rotatable bonds is 9. The maximum absolute atomic E-state index is 13.5. The quantitative estimate of drug-likeness (QED) is 0.132. The van der Waals surface area contributed by atoms with Gasteiger partial charge in [0.25, 0.3) is 0 Å². The number of fused-ring (bicyclic) bond motifs is 1. The maximum Gasteiger partial charge on any atom is 0.338 e. The van der Waals surface area contributed by atoms with E-state index in [-0.39, 0.29) is 41.0 Å². The summed E-state index contributed by atoms with van der Waals surface area (Å²) in [6, 6.07) is 25.3. The van der Waals surface area contributed by atoms with E-state index in [9.17, 15) is 14.4 Å². The summed E-state index contributed by atoms with van der Waals surface area (Å²) in [5.74, 6) is -1.95. The molecular formula is C33H28ClN5O7. The van der Waals surface area contributed by atoms with Gasteiger partial charge >= 0.3 is 17.9 Å². The van der Waals surface area contributed by atoms with Crippen molar-refractivity contribution in [3.05, 3.63) is 119 Å². The molecule has 3 heterocycles. The number of imidazole rings is 1. The second-order valence-corrected chi connectivity index (χ2v) is 11.2. The standard InChI is InChI=1S/C33H28ClN5O7/c1-33(18-44-29(41)21-13-7-3-8-14-21)25(46-30(42)22-15-9-4-10-16-22)23(17-43-28(40)20-11-5-2-6-12-20)45-31(33)39-19-36-24-26(34)37-32(35)38-27(24)39/h2-16,19,23,25,31H,17-18H2,1H3,(H2,35,37,38)/t23-,25-,31-,33-/m1/s1. The second-order valence-electron chi connectivity index (χ2n) is 10.8. The van der Waals surface area contributed by atoms with Gasteiger partial charge in [-0.15, -0.1) is 0 Å². The number of nitrogens with zero attached hydrogens (tertiary/aromatic N) is 4. The third kappa shape index (κ3) is 6.12. The average Bonchev–Trinajstić information content (AvgIpc) is 3.62. The van der Waals surface area contributed by atoms with Crippen LogP contribution in [0.2, 0.25) is 5.15 Å². The molecule has 0 bridgehead atoms. The number of benzene rings is 3.